The Labute approximate surface area is 102 Å². The molecule has 2 nitrogen and oxygen atoms in total. The molecule has 0 radical (unpaired) electrons. The quantitative estimate of drug-likeness (QED) is 0.865. The van der Waals surface area contributed by atoms with E-state index in [0.29, 0.717) is 5.92 Å². The smallest absolute Gasteiger partial charge is 0.124 e. The summed E-state index contributed by atoms with van der Waals surface area (Å²) in [6.07, 6.45) is 1.12. The third-order valence-electron chi connectivity index (χ3n) is 2.54. The van der Waals surface area contributed by atoms with E-state index in [0.717, 1.165) is 35.4 Å². The number of hydrogen-bond donors (Lipinski definition) is 1. The highest BCUT2D eigenvalue weighted by Gasteiger charge is 2.15. The van der Waals surface area contributed by atoms with Crippen molar-refractivity contribution in [3.8, 4) is 0 Å². The van der Waals surface area contributed by atoms with Gasteiger partial charge < -0.3 is 10.1 Å². The molecule has 0 bridgehead atoms. The SMILES string of the molecule is Fc1ccc(NCC2CCOC2)c(I)c1. The number of halogens is 2. The fourth-order valence-corrected chi connectivity index (χ4v) is 2.30. The van der Waals surface area contributed by atoms with Gasteiger partial charge >= 0.3 is 0 Å². The van der Waals surface area contributed by atoms with Gasteiger partial charge in [0.2, 0.25) is 0 Å². The van der Waals surface area contributed by atoms with Crippen LogP contribution in [-0.2, 0) is 4.74 Å². The first-order valence-electron chi connectivity index (χ1n) is 5.02. The summed E-state index contributed by atoms with van der Waals surface area (Å²) in [5.41, 5.74) is 1.00. The van der Waals surface area contributed by atoms with Crippen LogP contribution in [0.15, 0.2) is 18.2 Å². The summed E-state index contributed by atoms with van der Waals surface area (Å²) in [5, 5.41) is 3.33. The molecule has 15 heavy (non-hydrogen) atoms. The minimum absolute atomic E-state index is 0.186. The zero-order chi connectivity index (χ0) is 10.7. The maximum Gasteiger partial charge on any atom is 0.124 e. The molecule has 1 atom stereocenters. The lowest BCUT2D eigenvalue weighted by molar-refractivity contribution is 0.187. The summed E-state index contributed by atoms with van der Waals surface area (Å²) in [5.74, 6) is 0.403. The molecule has 1 aromatic rings. The lowest BCUT2D eigenvalue weighted by atomic mass is 10.1. The van der Waals surface area contributed by atoms with Gasteiger partial charge in [0.1, 0.15) is 5.82 Å². The summed E-state index contributed by atoms with van der Waals surface area (Å²) in [6, 6.07) is 4.80. The summed E-state index contributed by atoms with van der Waals surface area (Å²) in [7, 11) is 0. The van der Waals surface area contributed by atoms with E-state index in [-0.39, 0.29) is 5.82 Å². The van der Waals surface area contributed by atoms with Crippen LogP contribution >= 0.6 is 22.6 Å². The molecule has 0 amide bonds. The molecule has 1 unspecified atom stereocenters. The minimum Gasteiger partial charge on any atom is -0.384 e. The number of hydrogen-bond acceptors (Lipinski definition) is 2. The highest BCUT2D eigenvalue weighted by atomic mass is 127. The van der Waals surface area contributed by atoms with Gasteiger partial charge in [0, 0.05) is 28.3 Å². The van der Waals surface area contributed by atoms with E-state index in [2.05, 4.69) is 27.9 Å². The Morgan fingerprint density at radius 1 is 1.53 bits per heavy atom. The molecular formula is C11H13FINO. The molecule has 1 fully saturated rings. The Balaban J connectivity index is 1.92. The topological polar surface area (TPSA) is 21.3 Å². The van der Waals surface area contributed by atoms with Gasteiger partial charge in [0.05, 0.1) is 6.61 Å². The molecule has 1 aliphatic heterocycles. The van der Waals surface area contributed by atoms with Gasteiger partial charge in [-0.3, -0.25) is 0 Å². The van der Waals surface area contributed by atoms with Crippen LogP contribution in [0, 0.1) is 15.3 Å². The summed E-state index contributed by atoms with van der Waals surface area (Å²) >= 11 is 2.14. The van der Waals surface area contributed by atoms with Crippen molar-refractivity contribution < 1.29 is 9.13 Å². The van der Waals surface area contributed by atoms with E-state index in [4.69, 9.17) is 4.74 Å². The first kappa shape index (κ1) is 11.1. The van der Waals surface area contributed by atoms with Gasteiger partial charge in [0.25, 0.3) is 0 Å². The number of nitrogens with one attached hydrogen (secondary N) is 1. The van der Waals surface area contributed by atoms with E-state index >= 15 is 0 Å². The second-order valence-corrected chi connectivity index (χ2v) is 4.90. The van der Waals surface area contributed by atoms with Crippen LogP contribution < -0.4 is 5.32 Å². The third-order valence-corrected chi connectivity index (χ3v) is 3.43. The zero-order valence-corrected chi connectivity index (χ0v) is 10.5. The predicted octanol–water partition coefficient (Wildman–Crippen LogP) is 2.88. The zero-order valence-electron chi connectivity index (χ0n) is 8.30. The lowest BCUT2D eigenvalue weighted by Gasteiger charge is -2.12. The molecule has 0 aromatic heterocycles. The van der Waals surface area contributed by atoms with Crippen LogP contribution in [0.1, 0.15) is 6.42 Å². The maximum absolute atomic E-state index is 12.8. The fraction of sp³-hybridized carbons (Fsp3) is 0.455. The van der Waals surface area contributed by atoms with Crippen LogP contribution in [0.25, 0.3) is 0 Å². The number of benzene rings is 1. The molecule has 0 saturated carbocycles. The molecular weight excluding hydrogens is 308 g/mol. The van der Waals surface area contributed by atoms with Crippen LogP contribution in [0.2, 0.25) is 0 Å². The first-order valence-corrected chi connectivity index (χ1v) is 6.10. The van der Waals surface area contributed by atoms with E-state index in [9.17, 15) is 4.39 Å². The van der Waals surface area contributed by atoms with Gasteiger partial charge in [-0.05, 0) is 47.2 Å². The van der Waals surface area contributed by atoms with Gasteiger partial charge in [-0.15, -0.1) is 0 Å². The van der Waals surface area contributed by atoms with Gasteiger partial charge in [-0.25, -0.2) is 4.39 Å². The van der Waals surface area contributed by atoms with Crippen molar-refractivity contribution in [2.24, 2.45) is 5.92 Å². The molecule has 0 spiro atoms. The second-order valence-electron chi connectivity index (χ2n) is 3.73. The van der Waals surface area contributed by atoms with E-state index < -0.39 is 0 Å². The largest absolute Gasteiger partial charge is 0.384 e. The summed E-state index contributed by atoms with van der Waals surface area (Å²) in [4.78, 5) is 0. The van der Waals surface area contributed by atoms with Gasteiger partial charge in [0.15, 0.2) is 0 Å². The Morgan fingerprint density at radius 3 is 3.07 bits per heavy atom. The monoisotopic (exact) mass is 321 g/mol. The van der Waals surface area contributed by atoms with Crippen molar-refractivity contribution in [2.75, 3.05) is 25.1 Å². The minimum atomic E-state index is -0.186. The average Bonchev–Trinajstić information content (AvgIpc) is 2.69. The van der Waals surface area contributed by atoms with Crippen LogP contribution in [0.3, 0.4) is 0 Å². The van der Waals surface area contributed by atoms with Crippen molar-refractivity contribution >= 4 is 28.3 Å². The molecule has 82 valence electrons. The van der Waals surface area contributed by atoms with Crippen molar-refractivity contribution in [3.63, 3.8) is 0 Å². The third kappa shape index (κ3) is 3.04. The number of ether oxygens (including phenoxy) is 1. The molecule has 1 heterocycles. The molecule has 0 aliphatic carbocycles. The molecule has 2 rings (SSSR count). The van der Waals surface area contributed by atoms with Crippen LogP contribution in [0.5, 0.6) is 0 Å². The highest BCUT2D eigenvalue weighted by molar-refractivity contribution is 14.1. The average molecular weight is 321 g/mol. The highest BCUT2D eigenvalue weighted by Crippen LogP contribution is 2.20. The Bertz CT molecular complexity index is 339. The Kier molecular flexibility index (Phi) is 3.80. The molecule has 1 N–H and O–H groups in total. The van der Waals surface area contributed by atoms with Gasteiger partial charge in [-0.1, -0.05) is 0 Å². The van der Waals surface area contributed by atoms with Crippen molar-refractivity contribution in [2.45, 2.75) is 6.42 Å². The second kappa shape index (κ2) is 5.12. The molecule has 4 heteroatoms. The molecule has 1 aliphatic rings. The Morgan fingerprint density at radius 2 is 2.40 bits per heavy atom. The summed E-state index contributed by atoms with van der Waals surface area (Å²) < 4.78 is 19.1. The maximum atomic E-state index is 12.8. The lowest BCUT2D eigenvalue weighted by Crippen LogP contribution is -2.14. The fourth-order valence-electron chi connectivity index (χ4n) is 1.63. The molecule has 1 aromatic carbocycles. The predicted molar refractivity (Wildman–Crippen MR) is 66.5 cm³/mol. The van der Waals surface area contributed by atoms with Crippen LogP contribution in [0.4, 0.5) is 10.1 Å². The van der Waals surface area contributed by atoms with Crippen molar-refractivity contribution in [1.29, 1.82) is 0 Å². The summed E-state index contributed by atoms with van der Waals surface area (Å²) in [6.45, 7) is 2.61. The standard InChI is InChI=1S/C11H13FINO/c12-9-1-2-11(10(13)5-9)14-6-8-3-4-15-7-8/h1-2,5,8,14H,3-4,6-7H2. The molecule has 1 saturated heterocycles. The van der Waals surface area contributed by atoms with E-state index in [1.54, 1.807) is 6.07 Å². The number of rotatable bonds is 3. The first-order chi connectivity index (χ1) is 7.25. The normalized spacial score (nSPS) is 20.5. The van der Waals surface area contributed by atoms with E-state index in [1.807, 2.05) is 0 Å². The van der Waals surface area contributed by atoms with Gasteiger partial charge in [-0.2, -0.15) is 0 Å². The van der Waals surface area contributed by atoms with Crippen molar-refractivity contribution in [3.05, 3.63) is 27.6 Å². The van der Waals surface area contributed by atoms with Crippen LogP contribution in [-0.4, -0.2) is 19.8 Å². The van der Waals surface area contributed by atoms with Crippen molar-refractivity contribution in [1.82, 2.24) is 0 Å². The van der Waals surface area contributed by atoms with E-state index in [1.165, 1.54) is 12.1 Å². The number of anilines is 1. The Hall–Kier alpha value is -0.360.